The Hall–Kier alpha value is -3.21. The van der Waals surface area contributed by atoms with E-state index in [0.29, 0.717) is 19.0 Å². The molecule has 2 aromatic carbocycles. The van der Waals surface area contributed by atoms with Crippen LogP contribution in [0.1, 0.15) is 33.1 Å². The second-order valence-corrected chi connectivity index (χ2v) is 7.65. The van der Waals surface area contributed by atoms with Crippen molar-refractivity contribution in [3.8, 4) is 28.5 Å². The third kappa shape index (κ3) is 5.64. The summed E-state index contributed by atoms with van der Waals surface area (Å²) in [7, 11) is 0. The van der Waals surface area contributed by atoms with Crippen molar-refractivity contribution >= 4 is 5.97 Å². The molecule has 150 valence electrons. The SMILES string of the molecule is CC(C)(CCCCOc1nc(-c2ccccc2)cc(-c2ccccc2)n1)C(=O)O. The number of aliphatic carboxylic acids is 1. The second kappa shape index (κ2) is 9.32. The lowest BCUT2D eigenvalue weighted by atomic mass is 9.87. The highest BCUT2D eigenvalue weighted by atomic mass is 16.5. The van der Waals surface area contributed by atoms with E-state index in [-0.39, 0.29) is 0 Å². The molecule has 0 unspecified atom stereocenters. The third-order valence-corrected chi connectivity index (χ3v) is 4.85. The molecule has 1 heterocycles. The van der Waals surface area contributed by atoms with Crippen LogP contribution in [0, 0.1) is 5.41 Å². The standard InChI is InChI=1S/C24H26N2O3/c1-24(2,22(27)28)15-9-10-16-29-23-25-20(18-11-5-3-6-12-18)17-21(26-23)19-13-7-4-8-14-19/h3-8,11-14,17H,9-10,15-16H2,1-2H3,(H,27,28). The highest BCUT2D eigenvalue weighted by Crippen LogP contribution is 2.26. The molecule has 5 nitrogen and oxygen atoms in total. The molecule has 0 aliphatic heterocycles. The number of rotatable bonds is 9. The zero-order valence-electron chi connectivity index (χ0n) is 16.8. The Balaban J connectivity index is 1.73. The minimum Gasteiger partial charge on any atom is -0.481 e. The first-order chi connectivity index (χ1) is 14.0. The number of aromatic nitrogens is 2. The summed E-state index contributed by atoms with van der Waals surface area (Å²) in [6.45, 7) is 3.94. The largest absolute Gasteiger partial charge is 0.481 e. The Morgan fingerprint density at radius 1 is 0.897 bits per heavy atom. The van der Waals surface area contributed by atoms with Gasteiger partial charge in [-0.15, -0.1) is 0 Å². The van der Waals surface area contributed by atoms with Crippen LogP contribution >= 0.6 is 0 Å². The van der Waals surface area contributed by atoms with Crippen molar-refractivity contribution in [1.82, 2.24) is 9.97 Å². The zero-order chi connectivity index (χ0) is 20.7. The van der Waals surface area contributed by atoms with Gasteiger partial charge in [-0.25, -0.2) is 0 Å². The Morgan fingerprint density at radius 3 is 1.90 bits per heavy atom. The number of carbonyl (C=O) groups is 1. The summed E-state index contributed by atoms with van der Waals surface area (Å²) < 4.78 is 5.84. The lowest BCUT2D eigenvalue weighted by Gasteiger charge is -2.18. The number of hydrogen-bond donors (Lipinski definition) is 1. The average Bonchev–Trinajstić information content (AvgIpc) is 2.74. The van der Waals surface area contributed by atoms with Gasteiger partial charge < -0.3 is 9.84 Å². The van der Waals surface area contributed by atoms with Gasteiger partial charge in [0.15, 0.2) is 0 Å². The molecule has 0 saturated carbocycles. The summed E-state index contributed by atoms with van der Waals surface area (Å²) in [4.78, 5) is 20.4. The van der Waals surface area contributed by atoms with E-state index in [0.717, 1.165) is 35.4 Å². The number of nitrogens with zero attached hydrogens (tertiary/aromatic N) is 2. The first-order valence-corrected chi connectivity index (χ1v) is 9.82. The van der Waals surface area contributed by atoms with E-state index in [1.54, 1.807) is 13.8 Å². The molecule has 3 aromatic rings. The third-order valence-electron chi connectivity index (χ3n) is 4.85. The Bertz CT molecular complexity index is 883. The van der Waals surface area contributed by atoms with E-state index >= 15 is 0 Å². The van der Waals surface area contributed by atoms with Crippen LogP contribution in [0.3, 0.4) is 0 Å². The highest BCUT2D eigenvalue weighted by molar-refractivity contribution is 5.73. The van der Waals surface area contributed by atoms with Crippen LogP contribution in [0.5, 0.6) is 6.01 Å². The molecule has 0 spiro atoms. The van der Waals surface area contributed by atoms with Gasteiger partial charge in [-0.1, -0.05) is 60.7 Å². The summed E-state index contributed by atoms with van der Waals surface area (Å²) in [6, 6.07) is 22.2. The summed E-state index contributed by atoms with van der Waals surface area (Å²) in [5, 5.41) is 9.20. The number of carboxylic acid groups (broad SMARTS) is 1. The minimum atomic E-state index is -0.773. The fourth-order valence-corrected chi connectivity index (χ4v) is 2.94. The molecule has 29 heavy (non-hydrogen) atoms. The molecular weight excluding hydrogens is 364 g/mol. The van der Waals surface area contributed by atoms with Crippen LogP contribution in [0.25, 0.3) is 22.5 Å². The molecule has 0 saturated heterocycles. The molecule has 1 aromatic heterocycles. The molecule has 0 radical (unpaired) electrons. The van der Waals surface area contributed by atoms with Crippen molar-refractivity contribution in [2.75, 3.05) is 6.61 Å². The van der Waals surface area contributed by atoms with Gasteiger partial charge in [0.05, 0.1) is 23.4 Å². The van der Waals surface area contributed by atoms with Crippen molar-refractivity contribution in [2.45, 2.75) is 33.1 Å². The molecule has 3 rings (SSSR count). The minimum absolute atomic E-state index is 0.336. The van der Waals surface area contributed by atoms with Crippen LogP contribution in [0.2, 0.25) is 0 Å². The molecule has 0 aliphatic carbocycles. The maximum Gasteiger partial charge on any atom is 0.317 e. The van der Waals surface area contributed by atoms with E-state index < -0.39 is 11.4 Å². The van der Waals surface area contributed by atoms with Gasteiger partial charge in [0.2, 0.25) is 0 Å². The van der Waals surface area contributed by atoms with Gasteiger partial charge in [-0.05, 0) is 39.2 Å². The maximum absolute atomic E-state index is 11.2. The smallest absolute Gasteiger partial charge is 0.317 e. The number of carboxylic acids is 1. The Morgan fingerprint density at radius 2 is 1.41 bits per heavy atom. The van der Waals surface area contributed by atoms with Gasteiger partial charge in [-0.2, -0.15) is 9.97 Å². The number of ether oxygens (including phenoxy) is 1. The van der Waals surface area contributed by atoms with Gasteiger partial charge in [0, 0.05) is 11.1 Å². The average molecular weight is 390 g/mol. The van der Waals surface area contributed by atoms with Crippen molar-refractivity contribution in [3.05, 3.63) is 66.7 Å². The quantitative estimate of drug-likeness (QED) is 0.491. The Kier molecular flexibility index (Phi) is 6.60. The number of benzene rings is 2. The first kappa shape index (κ1) is 20.5. The van der Waals surface area contributed by atoms with Crippen LogP contribution in [-0.2, 0) is 4.79 Å². The summed E-state index contributed by atoms with van der Waals surface area (Å²) in [6.07, 6.45) is 2.12. The summed E-state index contributed by atoms with van der Waals surface area (Å²) in [5.41, 5.74) is 2.90. The van der Waals surface area contributed by atoms with Crippen LogP contribution in [0.4, 0.5) is 0 Å². The van der Waals surface area contributed by atoms with Crippen LogP contribution in [-0.4, -0.2) is 27.7 Å². The molecule has 1 N–H and O–H groups in total. The topological polar surface area (TPSA) is 72.3 Å². The van der Waals surface area contributed by atoms with Gasteiger partial charge in [-0.3, -0.25) is 4.79 Å². The predicted octanol–water partition coefficient (Wildman–Crippen LogP) is 5.47. The normalized spacial score (nSPS) is 11.2. The lowest BCUT2D eigenvalue weighted by Crippen LogP contribution is -2.23. The summed E-state index contributed by atoms with van der Waals surface area (Å²) >= 11 is 0. The highest BCUT2D eigenvalue weighted by Gasteiger charge is 2.26. The van der Waals surface area contributed by atoms with Crippen molar-refractivity contribution in [1.29, 1.82) is 0 Å². The van der Waals surface area contributed by atoms with E-state index in [4.69, 9.17) is 4.74 Å². The van der Waals surface area contributed by atoms with Gasteiger partial charge in [0.25, 0.3) is 0 Å². The molecule has 0 bridgehead atoms. The van der Waals surface area contributed by atoms with E-state index in [2.05, 4.69) is 9.97 Å². The van der Waals surface area contributed by atoms with E-state index in [1.807, 2.05) is 66.7 Å². The molecular formula is C24H26N2O3. The van der Waals surface area contributed by atoms with Gasteiger partial charge in [0.1, 0.15) is 0 Å². The van der Waals surface area contributed by atoms with Crippen LogP contribution < -0.4 is 4.74 Å². The fraction of sp³-hybridized carbons (Fsp3) is 0.292. The Labute approximate surface area is 171 Å². The van der Waals surface area contributed by atoms with E-state index in [1.165, 1.54) is 0 Å². The molecule has 0 fully saturated rings. The molecule has 0 amide bonds. The molecule has 0 atom stereocenters. The van der Waals surface area contributed by atoms with Crippen molar-refractivity contribution < 1.29 is 14.6 Å². The van der Waals surface area contributed by atoms with Crippen molar-refractivity contribution in [2.24, 2.45) is 5.41 Å². The number of hydrogen-bond acceptors (Lipinski definition) is 4. The fourth-order valence-electron chi connectivity index (χ4n) is 2.94. The van der Waals surface area contributed by atoms with Crippen molar-refractivity contribution in [3.63, 3.8) is 0 Å². The van der Waals surface area contributed by atoms with E-state index in [9.17, 15) is 9.90 Å². The maximum atomic E-state index is 11.2. The molecule has 5 heteroatoms. The predicted molar refractivity (Wildman–Crippen MR) is 114 cm³/mol. The number of unbranched alkanes of at least 4 members (excludes halogenated alkanes) is 1. The second-order valence-electron chi connectivity index (χ2n) is 7.65. The van der Waals surface area contributed by atoms with Crippen LogP contribution in [0.15, 0.2) is 66.7 Å². The molecule has 0 aliphatic rings. The first-order valence-electron chi connectivity index (χ1n) is 9.82. The zero-order valence-corrected chi connectivity index (χ0v) is 16.8. The summed E-state index contributed by atoms with van der Waals surface area (Å²) in [5.74, 6) is -0.773. The lowest BCUT2D eigenvalue weighted by molar-refractivity contribution is -0.147. The van der Waals surface area contributed by atoms with Gasteiger partial charge >= 0.3 is 12.0 Å². The monoisotopic (exact) mass is 390 g/mol.